The minimum Gasteiger partial charge on any atom is -0.384 e. The summed E-state index contributed by atoms with van der Waals surface area (Å²) in [6, 6.07) is 16.5. The highest BCUT2D eigenvalue weighted by molar-refractivity contribution is 9.09. The average Bonchev–Trinajstić information content (AvgIpc) is 2.45. The Morgan fingerprint density at radius 1 is 1.11 bits per heavy atom. The molecule has 0 bridgehead atoms. The van der Waals surface area contributed by atoms with Gasteiger partial charge in [0.1, 0.15) is 0 Å². The van der Waals surface area contributed by atoms with E-state index in [-0.39, 0.29) is 4.83 Å². The van der Waals surface area contributed by atoms with E-state index in [1.165, 1.54) is 11.1 Å². The lowest BCUT2D eigenvalue weighted by atomic mass is 10.0. The maximum atomic E-state index is 6.02. The summed E-state index contributed by atoms with van der Waals surface area (Å²) in [7, 11) is 1.72. The van der Waals surface area contributed by atoms with Gasteiger partial charge in [0.2, 0.25) is 0 Å². The topological polar surface area (TPSA) is 9.23 Å². The van der Waals surface area contributed by atoms with Crippen LogP contribution in [0, 0.1) is 0 Å². The minimum atomic E-state index is 0.169. The summed E-state index contributed by atoms with van der Waals surface area (Å²) >= 11 is 9.75. The molecule has 19 heavy (non-hydrogen) atoms. The standard InChI is InChI=1S/C16H16BrClO/c1-19-10-9-12-5-7-13(8-6-12)16(17)14-3-2-4-15(18)11-14/h2-8,11,16H,9-10H2,1H3. The van der Waals surface area contributed by atoms with Gasteiger partial charge in [0.25, 0.3) is 0 Å². The third-order valence-electron chi connectivity index (χ3n) is 3.01. The molecular weight excluding hydrogens is 324 g/mol. The third-order valence-corrected chi connectivity index (χ3v) is 4.30. The molecule has 0 spiro atoms. The Hall–Kier alpha value is -0.830. The summed E-state index contributed by atoms with van der Waals surface area (Å²) in [5.74, 6) is 0. The molecule has 1 nitrogen and oxygen atoms in total. The Morgan fingerprint density at radius 2 is 1.84 bits per heavy atom. The van der Waals surface area contributed by atoms with E-state index in [2.05, 4.69) is 46.3 Å². The lowest BCUT2D eigenvalue weighted by molar-refractivity contribution is 0.202. The van der Waals surface area contributed by atoms with E-state index < -0.39 is 0 Å². The first-order valence-corrected chi connectivity index (χ1v) is 7.47. The Bertz CT molecular complexity index is 525. The molecule has 0 aliphatic carbocycles. The van der Waals surface area contributed by atoms with Gasteiger partial charge in [0, 0.05) is 12.1 Å². The van der Waals surface area contributed by atoms with Crippen molar-refractivity contribution in [3.8, 4) is 0 Å². The number of halogens is 2. The van der Waals surface area contributed by atoms with Crippen molar-refractivity contribution < 1.29 is 4.74 Å². The zero-order chi connectivity index (χ0) is 13.7. The first-order valence-electron chi connectivity index (χ1n) is 6.18. The second-order valence-corrected chi connectivity index (χ2v) is 5.75. The van der Waals surface area contributed by atoms with Crippen LogP contribution >= 0.6 is 27.5 Å². The number of methoxy groups -OCH3 is 1. The molecule has 0 saturated carbocycles. The number of benzene rings is 2. The predicted molar refractivity (Wildman–Crippen MR) is 84.2 cm³/mol. The fraction of sp³-hybridized carbons (Fsp3) is 0.250. The first kappa shape index (κ1) is 14.6. The van der Waals surface area contributed by atoms with Crippen molar-refractivity contribution in [2.24, 2.45) is 0 Å². The molecule has 0 aliphatic rings. The molecule has 1 atom stereocenters. The molecule has 0 fully saturated rings. The van der Waals surface area contributed by atoms with Crippen LogP contribution < -0.4 is 0 Å². The van der Waals surface area contributed by atoms with Crippen molar-refractivity contribution in [3.63, 3.8) is 0 Å². The SMILES string of the molecule is COCCc1ccc(C(Br)c2cccc(Cl)c2)cc1. The van der Waals surface area contributed by atoms with Crippen LogP contribution in [0.4, 0.5) is 0 Å². The highest BCUT2D eigenvalue weighted by Gasteiger charge is 2.10. The summed E-state index contributed by atoms with van der Waals surface area (Å²) in [5, 5.41) is 0.763. The van der Waals surface area contributed by atoms with Gasteiger partial charge in [-0.15, -0.1) is 0 Å². The Kier molecular flexibility index (Phi) is 5.44. The van der Waals surface area contributed by atoms with E-state index in [0.29, 0.717) is 0 Å². The Morgan fingerprint density at radius 3 is 2.47 bits per heavy atom. The monoisotopic (exact) mass is 338 g/mol. The van der Waals surface area contributed by atoms with Gasteiger partial charge < -0.3 is 4.74 Å². The molecule has 0 heterocycles. The lowest BCUT2D eigenvalue weighted by Gasteiger charge is -2.12. The van der Waals surface area contributed by atoms with Gasteiger partial charge in [-0.2, -0.15) is 0 Å². The minimum absolute atomic E-state index is 0.169. The molecule has 2 rings (SSSR count). The van der Waals surface area contributed by atoms with Crippen molar-refractivity contribution in [1.29, 1.82) is 0 Å². The van der Waals surface area contributed by atoms with Gasteiger partial charge >= 0.3 is 0 Å². The highest BCUT2D eigenvalue weighted by atomic mass is 79.9. The molecule has 0 saturated heterocycles. The molecule has 1 unspecified atom stereocenters. The van der Waals surface area contributed by atoms with E-state index in [9.17, 15) is 0 Å². The van der Waals surface area contributed by atoms with Crippen LogP contribution in [0.25, 0.3) is 0 Å². The van der Waals surface area contributed by atoms with E-state index in [0.717, 1.165) is 23.6 Å². The summed E-state index contributed by atoms with van der Waals surface area (Å²) < 4.78 is 5.08. The Labute approximate surface area is 127 Å². The molecule has 0 amide bonds. The maximum Gasteiger partial charge on any atom is 0.0645 e. The van der Waals surface area contributed by atoms with E-state index >= 15 is 0 Å². The van der Waals surface area contributed by atoms with Crippen LogP contribution in [0.2, 0.25) is 5.02 Å². The third kappa shape index (κ3) is 4.07. The van der Waals surface area contributed by atoms with Crippen LogP contribution in [0.15, 0.2) is 48.5 Å². The van der Waals surface area contributed by atoms with E-state index in [4.69, 9.17) is 16.3 Å². The average molecular weight is 340 g/mol. The molecule has 100 valence electrons. The Balaban J connectivity index is 2.13. The number of rotatable bonds is 5. The van der Waals surface area contributed by atoms with Gasteiger partial charge in [0.15, 0.2) is 0 Å². The van der Waals surface area contributed by atoms with Crippen molar-refractivity contribution in [3.05, 3.63) is 70.2 Å². The van der Waals surface area contributed by atoms with E-state index in [1.54, 1.807) is 7.11 Å². The zero-order valence-corrected chi connectivity index (χ0v) is 13.1. The van der Waals surface area contributed by atoms with Gasteiger partial charge in [-0.3, -0.25) is 0 Å². The molecule has 0 aromatic heterocycles. The molecule has 0 radical (unpaired) electrons. The predicted octanol–water partition coefficient (Wildman–Crippen LogP) is 5.01. The molecule has 0 N–H and O–H groups in total. The van der Waals surface area contributed by atoms with Gasteiger partial charge in [-0.25, -0.2) is 0 Å². The van der Waals surface area contributed by atoms with Crippen molar-refractivity contribution in [2.45, 2.75) is 11.2 Å². The van der Waals surface area contributed by atoms with Crippen LogP contribution in [0.3, 0.4) is 0 Å². The molecule has 2 aromatic carbocycles. The number of alkyl halides is 1. The number of hydrogen-bond acceptors (Lipinski definition) is 1. The second kappa shape index (κ2) is 7.09. The van der Waals surface area contributed by atoms with Gasteiger partial charge in [-0.05, 0) is 35.2 Å². The van der Waals surface area contributed by atoms with Gasteiger partial charge in [-0.1, -0.05) is 63.9 Å². The van der Waals surface area contributed by atoms with Crippen molar-refractivity contribution in [2.75, 3.05) is 13.7 Å². The molecule has 0 aliphatic heterocycles. The van der Waals surface area contributed by atoms with Crippen LogP contribution in [0.5, 0.6) is 0 Å². The van der Waals surface area contributed by atoms with Crippen LogP contribution in [-0.4, -0.2) is 13.7 Å². The first-order chi connectivity index (χ1) is 9.20. The quantitative estimate of drug-likeness (QED) is 0.696. The van der Waals surface area contributed by atoms with Crippen LogP contribution in [-0.2, 0) is 11.2 Å². The number of hydrogen-bond donors (Lipinski definition) is 0. The highest BCUT2D eigenvalue weighted by Crippen LogP contribution is 2.32. The molecule has 3 heteroatoms. The summed E-state index contributed by atoms with van der Waals surface area (Å²) in [6.07, 6.45) is 0.945. The fourth-order valence-corrected chi connectivity index (χ4v) is 2.72. The lowest BCUT2D eigenvalue weighted by Crippen LogP contribution is -1.96. The molecular formula is C16H16BrClO. The van der Waals surface area contributed by atoms with Crippen molar-refractivity contribution in [1.82, 2.24) is 0 Å². The smallest absolute Gasteiger partial charge is 0.0645 e. The summed E-state index contributed by atoms with van der Waals surface area (Å²) in [6.45, 7) is 0.755. The summed E-state index contributed by atoms with van der Waals surface area (Å²) in [4.78, 5) is 0.169. The fourth-order valence-electron chi connectivity index (χ4n) is 1.93. The van der Waals surface area contributed by atoms with Crippen LogP contribution in [0.1, 0.15) is 21.5 Å². The molecule has 2 aromatic rings. The normalized spacial score (nSPS) is 12.4. The number of ether oxygens (including phenoxy) is 1. The largest absolute Gasteiger partial charge is 0.384 e. The maximum absolute atomic E-state index is 6.02. The van der Waals surface area contributed by atoms with Crippen molar-refractivity contribution >= 4 is 27.5 Å². The summed E-state index contributed by atoms with van der Waals surface area (Å²) in [5.41, 5.74) is 3.68. The zero-order valence-electron chi connectivity index (χ0n) is 10.8. The second-order valence-electron chi connectivity index (χ2n) is 4.40. The van der Waals surface area contributed by atoms with Gasteiger partial charge in [0.05, 0.1) is 11.4 Å². The van der Waals surface area contributed by atoms with E-state index in [1.807, 2.05) is 18.2 Å².